The lowest BCUT2D eigenvalue weighted by Crippen LogP contribution is -2.49. The molecule has 6 nitrogen and oxygen atoms in total. The zero-order chi connectivity index (χ0) is 18.1. The van der Waals surface area contributed by atoms with Crippen LogP contribution in [-0.4, -0.2) is 44.8 Å². The Labute approximate surface area is 152 Å². The first-order valence-electron chi connectivity index (χ1n) is 9.20. The third-order valence-corrected chi connectivity index (χ3v) is 5.74. The van der Waals surface area contributed by atoms with Crippen molar-refractivity contribution in [1.82, 2.24) is 19.7 Å². The minimum Gasteiger partial charge on any atom is -0.327 e. The van der Waals surface area contributed by atoms with Crippen LogP contribution in [-0.2, 0) is 0 Å². The van der Waals surface area contributed by atoms with Crippen LogP contribution in [0.2, 0.25) is 0 Å². The summed E-state index contributed by atoms with van der Waals surface area (Å²) in [7, 11) is 0. The molecule has 0 amide bonds. The Morgan fingerprint density at radius 2 is 1.96 bits per heavy atom. The zero-order valence-electron chi connectivity index (χ0n) is 14.6. The van der Waals surface area contributed by atoms with Gasteiger partial charge in [-0.25, -0.2) is 14.1 Å². The summed E-state index contributed by atoms with van der Waals surface area (Å²) in [5, 5.41) is 13.4. The molecule has 1 aliphatic carbocycles. The van der Waals surface area contributed by atoms with Crippen LogP contribution < -0.4 is 5.73 Å². The first-order chi connectivity index (χ1) is 12.6. The number of hydrogen-bond acceptors (Lipinski definition) is 5. The van der Waals surface area contributed by atoms with Crippen LogP contribution >= 0.6 is 0 Å². The van der Waals surface area contributed by atoms with Gasteiger partial charge in [0.05, 0.1) is 6.04 Å². The van der Waals surface area contributed by atoms with E-state index in [0.29, 0.717) is 12.0 Å². The maximum absolute atomic E-state index is 13.3. The van der Waals surface area contributed by atoms with Gasteiger partial charge < -0.3 is 5.73 Å². The van der Waals surface area contributed by atoms with Crippen LogP contribution in [0.25, 0.3) is 0 Å². The van der Waals surface area contributed by atoms with Crippen molar-refractivity contribution < 1.29 is 4.39 Å². The van der Waals surface area contributed by atoms with Crippen molar-refractivity contribution in [3.8, 4) is 6.07 Å². The van der Waals surface area contributed by atoms with Gasteiger partial charge in [0.2, 0.25) is 0 Å². The van der Waals surface area contributed by atoms with Crippen LogP contribution in [0.1, 0.15) is 49.0 Å². The number of rotatable bonds is 3. The predicted molar refractivity (Wildman–Crippen MR) is 94.7 cm³/mol. The van der Waals surface area contributed by atoms with Crippen molar-refractivity contribution in [2.45, 2.75) is 49.7 Å². The van der Waals surface area contributed by atoms with Gasteiger partial charge in [0.1, 0.15) is 18.2 Å². The number of piperidine rings is 1. The SMILES string of the molecule is N#Cc1ncn(C2CC(c3ccc(F)cc3)CC2N2CCCC(N)C2)n1. The molecule has 0 radical (unpaired) electrons. The first kappa shape index (κ1) is 17.1. The Balaban J connectivity index is 1.61. The molecule has 1 saturated heterocycles. The summed E-state index contributed by atoms with van der Waals surface area (Å²) >= 11 is 0. The summed E-state index contributed by atoms with van der Waals surface area (Å²) in [6, 6.07) is 9.46. The topological polar surface area (TPSA) is 83.8 Å². The summed E-state index contributed by atoms with van der Waals surface area (Å²) in [5.74, 6) is 0.319. The van der Waals surface area contributed by atoms with Gasteiger partial charge >= 0.3 is 0 Å². The third-order valence-electron chi connectivity index (χ3n) is 5.74. The molecule has 1 aromatic heterocycles. The highest BCUT2D eigenvalue weighted by molar-refractivity contribution is 5.23. The van der Waals surface area contributed by atoms with E-state index in [1.165, 1.54) is 12.1 Å². The van der Waals surface area contributed by atoms with E-state index in [4.69, 9.17) is 11.0 Å². The molecule has 2 heterocycles. The summed E-state index contributed by atoms with van der Waals surface area (Å²) in [5.41, 5.74) is 7.36. The number of benzene rings is 1. The highest BCUT2D eigenvalue weighted by Gasteiger charge is 2.41. The molecule has 4 unspecified atom stereocenters. The molecule has 4 atom stereocenters. The average molecular weight is 354 g/mol. The smallest absolute Gasteiger partial charge is 0.252 e. The number of nitriles is 1. The highest BCUT2D eigenvalue weighted by Crippen LogP contribution is 2.43. The molecule has 2 aromatic rings. The van der Waals surface area contributed by atoms with Crippen LogP contribution in [0.3, 0.4) is 0 Å². The van der Waals surface area contributed by atoms with E-state index in [1.54, 1.807) is 6.33 Å². The molecule has 0 spiro atoms. The molecule has 7 heteroatoms. The number of aromatic nitrogens is 3. The Bertz CT molecular complexity index is 795. The lowest BCUT2D eigenvalue weighted by atomic mass is 9.97. The molecular weight excluding hydrogens is 331 g/mol. The lowest BCUT2D eigenvalue weighted by molar-refractivity contribution is 0.119. The fourth-order valence-electron chi connectivity index (χ4n) is 4.50. The van der Waals surface area contributed by atoms with Gasteiger partial charge in [-0.3, -0.25) is 4.90 Å². The summed E-state index contributed by atoms with van der Waals surface area (Å²) in [4.78, 5) is 6.55. The fourth-order valence-corrected chi connectivity index (χ4v) is 4.50. The molecule has 2 aliphatic rings. The van der Waals surface area contributed by atoms with Crippen molar-refractivity contribution >= 4 is 0 Å². The van der Waals surface area contributed by atoms with Crippen LogP contribution in [0.5, 0.6) is 0 Å². The van der Waals surface area contributed by atoms with E-state index in [2.05, 4.69) is 15.0 Å². The predicted octanol–water partition coefficient (Wildman–Crippen LogP) is 2.20. The van der Waals surface area contributed by atoms with E-state index >= 15 is 0 Å². The van der Waals surface area contributed by atoms with Crippen molar-refractivity contribution in [3.63, 3.8) is 0 Å². The molecule has 1 saturated carbocycles. The standard InChI is InChI=1S/C19H23FN6/c20-15-5-3-13(4-6-15)14-8-17(25-7-1-2-16(22)11-25)18(9-14)26-12-23-19(10-21)24-26/h3-6,12,14,16-18H,1-2,7-9,11,22H2. The third kappa shape index (κ3) is 3.35. The fraction of sp³-hybridized carbons (Fsp3) is 0.526. The Morgan fingerprint density at radius 3 is 2.65 bits per heavy atom. The van der Waals surface area contributed by atoms with E-state index in [1.807, 2.05) is 22.9 Å². The maximum Gasteiger partial charge on any atom is 0.252 e. The molecule has 4 rings (SSSR count). The molecule has 1 aromatic carbocycles. The quantitative estimate of drug-likeness (QED) is 0.913. The number of hydrogen-bond donors (Lipinski definition) is 1. The van der Waals surface area contributed by atoms with E-state index in [0.717, 1.165) is 44.3 Å². The number of likely N-dealkylation sites (tertiary alicyclic amines) is 1. The minimum absolute atomic E-state index is 0.143. The molecule has 0 bridgehead atoms. The second kappa shape index (κ2) is 7.14. The molecule has 2 N–H and O–H groups in total. The van der Waals surface area contributed by atoms with Crippen LogP contribution in [0, 0.1) is 17.1 Å². The van der Waals surface area contributed by atoms with Gasteiger partial charge in [-0.05, 0) is 55.8 Å². The normalized spacial score (nSPS) is 29.6. The zero-order valence-corrected chi connectivity index (χ0v) is 14.6. The minimum atomic E-state index is -0.211. The molecular formula is C19H23FN6. The van der Waals surface area contributed by atoms with Crippen molar-refractivity contribution in [1.29, 1.82) is 5.26 Å². The lowest BCUT2D eigenvalue weighted by Gasteiger charge is -2.38. The number of halogens is 1. The molecule has 136 valence electrons. The Hall–Kier alpha value is -2.30. The van der Waals surface area contributed by atoms with Gasteiger partial charge in [0.15, 0.2) is 0 Å². The van der Waals surface area contributed by atoms with Crippen molar-refractivity contribution in [2.24, 2.45) is 5.73 Å². The summed E-state index contributed by atoms with van der Waals surface area (Å²) in [6.45, 7) is 1.92. The second-order valence-electron chi connectivity index (χ2n) is 7.41. The van der Waals surface area contributed by atoms with Gasteiger partial charge in [0, 0.05) is 18.6 Å². The number of nitrogens with zero attached hydrogens (tertiary/aromatic N) is 5. The molecule has 1 aliphatic heterocycles. The van der Waals surface area contributed by atoms with Gasteiger partial charge in [-0.15, -0.1) is 5.10 Å². The number of nitrogens with two attached hydrogens (primary N) is 1. The monoisotopic (exact) mass is 354 g/mol. The van der Waals surface area contributed by atoms with Gasteiger partial charge in [0.25, 0.3) is 5.82 Å². The average Bonchev–Trinajstić information content (AvgIpc) is 3.29. The summed E-state index contributed by atoms with van der Waals surface area (Å²) < 4.78 is 15.1. The highest BCUT2D eigenvalue weighted by atomic mass is 19.1. The maximum atomic E-state index is 13.3. The van der Waals surface area contributed by atoms with Crippen molar-refractivity contribution in [3.05, 3.63) is 47.8 Å². The van der Waals surface area contributed by atoms with Gasteiger partial charge in [-0.1, -0.05) is 12.1 Å². The van der Waals surface area contributed by atoms with Crippen LogP contribution in [0.4, 0.5) is 4.39 Å². The van der Waals surface area contributed by atoms with Crippen molar-refractivity contribution in [2.75, 3.05) is 13.1 Å². The molecule has 26 heavy (non-hydrogen) atoms. The Kier molecular flexibility index (Phi) is 4.70. The first-order valence-corrected chi connectivity index (χ1v) is 9.20. The van der Waals surface area contributed by atoms with E-state index < -0.39 is 0 Å². The van der Waals surface area contributed by atoms with Gasteiger partial charge in [-0.2, -0.15) is 5.26 Å². The van der Waals surface area contributed by atoms with E-state index in [-0.39, 0.29) is 23.7 Å². The summed E-state index contributed by atoms with van der Waals surface area (Å²) in [6.07, 6.45) is 5.71. The second-order valence-corrected chi connectivity index (χ2v) is 7.41. The van der Waals surface area contributed by atoms with E-state index in [9.17, 15) is 4.39 Å². The Morgan fingerprint density at radius 1 is 1.19 bits per heavy atom. The van der Waals surface area contributed by atoms with Crippen LogP contribution in [0.15, 0.2) is 30.6 Å². The molecule has 2 fully saturated rings. The largest absolute Gasteiger partial charge is 0.327 e.